The van der Waals surface area contributed by atoms with Crippen LogP contribution < -0.4 is 10.6 Å². The number of pyridine rings is 1. The molecule has 0 aliphatic heterocycles. The lowest BCUT2D eigenvalue weighted by atomic mass is 10.2. The van der Waals surface area contributed by atoms with Gasteiger partial charge in [-0.05, 0) is 38.0 Å². The minimum atomic E-state index is 0.122. The summed E-state index contributed by atoms with van der Waals surface area (Å²) in [5.41, 5.74) is 7.63. The molecule has 0 atom stereocenters. The van der Waals surface area contributed by atoms with E-state index >= 15 is 0 Å². The first kappa shape index (κ1) is 15.4. The Balaban J connectivity index is 2.78. The quantitative estimate of drug-likeness (QED) is 0.837. The number of nitrogens with two attached hydrogens (primary N) is 1. The standard InChI is InChI=1S/C14H24N4O/c1-5-18(6-2)13(19)10-17(4)14-11(3)7-12(8-15)9-16-14/h7,9H,5-6,8,10,15H2,1-4H3. The molecule has 1 heterocycles. The van der Waals surface area contributed by atoms with Gasteiger partial charge >= 0.3 is 0 Å². The summed E-state index contributed by atoms with van der Waals surface area (Å²) in [6, 6.07) is 2.01. The number of carbonyl (C=O) groups is 1. The van der Waals surface area contributed by atoms with E-state index in [1.807, 2.05) is 43.7 Å². The maximum atomic E-state index is 12.1. The predicted octanol–water partition coefficient (Wildman–Crippen LogP) is 1.15. The van der Waals surface area contributed by atoms with E-state index in [1.54, 1.807) is 6.20 Å². The minimum Gasteiger partial charge on any atom is -0.350 e. The molecule has 5 nitrogen and oxygen atoms in total. The van der Waals surface area contributed by atoms with Crippen LogP contribution >= 0.6 is 0 Å². The molecule has 1 aromatic heterocycles. The smallest absolute Gasteiger partial charge is 0.242 e. The van der Waals surface area contributed by atoms with Gasteiger partial charge in [0.2, 0.25) is 5.91 Å². The van der Waals surface area contributed by atoms with Crippen LogP contribution in [0.1, 0.15) is 25.0 Å². The van der Waals surface area contributed by atoms with Crippen molar-refractivity contribution in [3.8, 4) is 0 Å². The van der Waals surface area contributed by atoms with Crippen molar-refractivity contribution in [2.24, 2.45) is 5.73 Å². The van der Waals surface area contributed by atoms with Crippen LogP contribution in [0.3, 0.4) is 0 Å². The minimum absolute atomic E-state index is 0.122. The summed E-state index contributed by atoms with van der Waals surface area (Å²) < 4.78 is 0. The highest BCUT2D eigenvalue weighted by Gasteiger charge is 2.14. The number of aromatic nitrogens is 1. The van der Waals surface area contributed by atoms with Crippen molar-refractivity contribution in [1.29, 1.82) is 0 Å². The van der Waals surface area contributed by atoms with Gasteiger partial charge in [-0.25, -0.2) is 4.98 Å². The van der Waals surface area contributed by atoms with Gasteiger partial charge in [-0.15, -0.1) is 0 Å². The molecule has 106 valence electrons. The zero-order valence-electron chi connectivity index (χ0n) is 12.3. The molecular formula is C14H24N4O. The van der Waals surface area contributed by atoms with Gasteiger partial charge in [0.25, 0.3) is 0 Å². The van der Waals surface area contributed by atoms with Crippen molar-refractivity contribution < 1.29 is 4.79 Å². The van der Waals surface area contributed by atoms with Crippen LogP contribution in [0.2, 0.25) is 0 Å². The van der Waals surface area contributed by atoms with E-state index in [4.69, 9.17) is 5.73 Å². The fourth-order valence-corrected chi connectivity index (χ4v) is 2.09. The summed E-state index contributed by atoms with van der Waals surface area (Å²) in [4.78, 5) is 20.2. The summed E-state index contributed by atoms with van der Waals surface area (Å²) in [5.74, 6) is 0.953. The molecule has 5 heteroatoms. The van der Waals surface area contributed by atoms with Gasteiger partial charge in [0.05, 0.1) is 6.54 Å². The molecule has 0 unspecified atom stereocenters. The number of hydrogen-bond donors (Lipinski definition) is 1. The lowest BCUT2D eigenvalue weighted by Crippen LogP contribution is -2.39. The Morgan fingerprint density at radius 2 is 2.00 bits per heavy atom. The first-order valence-electron chi connectivity index (χ1n) is 6.67. The first-order chi connectivity index (χ1) is 9.03. The van der Waals surface area contributed by atoms with Crippen molar-refractivity contribution in [2.45, 2.75) is 27.3 Å². The highest BCUT2D eigenvalue weighted by atomic mass is 16.2. The van der Waals surface area contributed by atoms with Gasteiger partial charge in [-0.3, -0.25) is 4.79 Å². The molecule has 0 radical (unpaired) electrons. The van der Waals surface area contributed by atoms with E-state index in [-0.39, 0.29) is 5.91 Å². The fourth-order valence-electron chi connectivity index (χ4n) is 2.09. The second kappa shape index (κ2) is 7.09. The van der Waals surface area contributed by atoms with Gasteiger partial charge in [-0.1, -0.05) is 0 Å². The average Bonchev–Trinajstić information content (AvgIpc) is 2.39. The van der Waals surface area contributed by atoms with E-state index in [1.165, 1.54) is 0 Å². The first-order valence-corrected chi connectivity index (χ1v) is 6.67. The number of rotatable bonds is 6. The summed E-state index contributed by atoms with van der Waals surface area (Å²) in [6.45, 7) is 8.26. The molecule has 0 saturated carbocycles. The van der Waals surface area contributed by atoms with Crippen LogP contribution in [0.25, 0.3) is 0 Å². The lowest BCUT2D eigenvalue weighted by Gasteiger charge is -2.24. The number of anilines is 1. The molecule has 0 saturated heterocycles. The lowest BCUT2D eigenvalue weighted by molar-refractivity contribution is -0.129. The van der Waals surface area contributed by atoms with E-state index < -0.39 is 0 Å². The topological polar surface area (TPSA) is 62.5 Å². The van der Waals surface area contributed by atoms with E-state index in [0.29, 0.717) is 13.1 Å². The third-order valence-corrected chi connectivity index (χ3v) is 3.19. The Morgan fingerprint density at radius 3 is 2.47 bits per heavy atom. The van der Waals surface area contributed by atoms with Crippen LogP contribution in [0.15, 0.2) is 12.3 Å². The van der Waals surface area contributed by atoms with Crippen LogP contribution in [-0.4, -0.2) is 42.5 Å². The number of nitrogens with zero attached hydrogens (tertiary/aromatic N) is 3. The van der Waals surface area contributed by atoms with E-state index in [0.717, 1.165) is 30.0 Å². The molecule has 1 rings (SSSR count). The third-order valence-electron chi connectivity index (χ3n) is 3.19. The van der Waals surface area contributed by atoms with Crippen LogP contribution in [-0.2, 0) is 11.3 Å². The summed E-state index contributed by atoms with van der Waals surface area (Å²) in [7, 11) is 1.89. The molecule has 19 heavy (non-hydrogen) atoms. The Hall–Kier alpha value is -1.62. The van der Waals surface area contributed by atoms with Gasteiger partial charge in [-0.2, -0.15) is 0 Å². The number of likely N-dealkylation sites (N-methyl/N-ethyl adjacent to an activating group) is 2. The molecule has 0 bridgehead atoms. The molecule has 0 fully saturated rings. The van der Waals surface area contributed by atoms with E-state index in [2.05, 4.69) is 4.98 Å². The normalized spacial score (nSPS) is 10.4. The summed E-state index contributed by atoms with van der Waals surface area (Å²) >= 11 is 0. The number of hydrogen-bond acceptors (Lipinski definition) is 4. The Morgan fingerprint density at radius 1 is 1.37 bits per heavy atom. The average molecular weight is 264 g/mol. The van der Waals surface area contributed by atoms with Gasteiger partial charge in [0.1, 0.15) is 5.82 Å². The molecule has 0 spiro atoms. The van der Waals surface area contributed by atoms with Crippen LogP contribution in [0, 0.1) is 6.92 Å². The second-order valence-electron chi connectivity index (χ2n) is 4.61. The molecule has 1 amide bonds. The van der Waals surface area contributed by atoms with Crippen molar-refractivity contribution >= 4 is 11.7 Å². The summed E-state index contributed by atoms with van der Waals surface area (Å²) in [6.07, 6.45) is 1.76. The third kappa shape index (κ3) is 3.92. The van der Waals surface area contributed by atoms with Crippen LogP contribution in [0.5, 0.6) is 0 Å². The highest BCUT2D eigenvalue weighted by molar-refractivity contribution is 5.81. The molecule has 2 N–H and O–H groups in total. The molecule has 0 aliphatic carbocycles. The van der Waals surface area contributed by atoms with Crippen molar-refractivity contribution in [3.63, 3.8) is 0 Å². The number of carbonyl (C=O) groups excluding carboxylic acids is 1. The second-order valence-corrected chi connectivity index (χ2v) is 4.61. The molecular weight excluding hydrogens is 240 g/mol. The number of amides is 1. The Bertz CT molecular complexity index is 429. The zero-order chi connectivity index (χ0) is 14.4. The molecule has 0 aliphatic rings. The van der Waals surface area contributed by atoms with Crippen molar-refractivity contribution in [1.82, 2.24) is 9.88 Å². The Kier molecular flexibility index (Phi) is 5.76. The fraction of sp³-hybridized carbons (Fsp3) is 0.571. The molecule has 1 aromatic rings. The Labute approximate surface area is 115 Å². The van der Waals surface area contributed by atoms with E-state index in [9.17, 15) is 4.79 Å². The van der Waals surface area contributed by atoms with Crippen molar-refractivity contribution in [3.05, 3.63) is 23.4 Å². The van der Waals surface area contributed by atoms with Crippen molar-refractivity contribution in [2.75, 3.05) is 31.6 Å². The van der Waals surface area contributed by atoms with Gasteiger partial charge in [0.15, 0.2) is 0 Å². The highest BCUT2D eigenvalue weighted by Crippen LogP contribution is 2.16. The zero-order valence-corrected chi connectivity index (χ0v) is 12.3. The number of aryl methyl sites for hydroxylation is 1. The SMILES string of the molecule is CCN(CC)C(=O)CN(C)c1ncc(CN)cc1C. The van der Waals surface area contributed by atoms with Gasteiger partial charge < -0.3 is 15.5 Å². The maximum absolute atomic E-state index is 12.1. The largest absolute Gasteiger partial charge is 0.350 e. The molecule has 0 aromatic carbocycles. The van der Waals surface area contributed by atoms with Gasteiger partial charge in [0, 0.05) is 32.9 Å². The predicted molar refractivity (Wildman–Crippen MR) is 78.1 cm³/mol. The summed E-state index contributed by atoms with van der Waals surface area (Å²) in [5, 5.41) is 0. The van der Waals surface area contributed by atoms with Crippen LogP contribution in [0.4, 0.5) is 5.82 Å². The monoisotopic (exact) mass is 264 g/mol. The maximum Gasteiger partial charge on any atom is 0.242 e.